The molecule has 0 aromatic heterocycles. The van der Waals surface area contributed by atoms with Crippen LogP contribution in [0.25, 0.3) is 6.08 Å². The fraction of sp³-hybridized carbons (Fsp3) is 0.182. The summed E-state index contributed by atoms with van der Waals surface area (Å²) in [5.74, 6) is -0.683. The van der Waals surface area contributed by atoms with E-state index in [0.717, 1.165) is 6.08 Å². The first-order valence-corrected chi connectivity index (χ1v) is 3.91. The standard InChI is InChI=1S/C10H10O4.CH4/c1-14-9-4-2-7(6-8(9)11)3-5-10(12)13;/h2-6,11H,1H3,(H,12,13);1H4/b5-3+;. The summed E-state index contributed by atoms with van der Waals surface area (Å²) in [5, 5.41) is 17.7. The second-order valence-electron chi connectivity index (χ2n) is 2.60. The Morgan fingerprint density at radius 3 is 2.60 bits per heavy atom. The third-order valence-corrected chi connectivity index (χ3v) is 1.62. The van der Waals surface area contributed by atoms with Gasteiger partial charge in [0.2, 0.25) is 0 Å². The number of aromatic hydroxyl groups is 1. The molecule has 15 heavy (non-hydrogen) atoms. The molecule has 0 unspecified atom stereocenters. The molecule has 1 aromatic rings. The van der Waals surface area contributed by atoms with Gasteiger partial charge in [0.25, 0.3) is 0 Å². The molecule has 4 nitrogen and oxygen atoms in total. The molecular formula is C11H14O4. The van der Waals surface area contributed by atoms with E-state index in [1.807, 2.05) is 0 Å². The molecule has 0 amide bonds. The lowest BCUT2D eigenvalue weighted by Gasteiger charge is -2.02. The average molecular weight is 210 g/mol. The van der Waals surface area contributed by atoms with E-state index in [0.29, 0.717) is 11.3 Å². The SMILES string of the molecule is C.COc1ccc(/C=C/C(=O)O)cc1O. The number of carboxylic acids is 1. The van der Waals surface area contributed by atoms with Gasteiger partial charge in [-0.1, -0.05) is 13.5 Å². The number of methoxy groups -OCH3 is 1. The van der Waals surface area contributed by atoms with Gasteiger partial charge in [0.05, 0.1) is 7.11 Å². The lowest BCUT2D eigenvalue weighted by molar-refractivity contribution is -0.131. The van der Waals surface area contributed by atoms with Gasteiger partial charge in [-0.3, -0.25) is 0 Å². The minimum absolute atomic E-state index is 0. The number of phenolic OH excluding ortho intramolecular Hbond substituents is 1. The lowest BCUT2D eigenvalue weighted by Crippen LogP contribution is -1.86. The molecule has 82 valence electrons. The quantitative estimate of drug-likeness (QED) is 0.750. The number of benzene rings is 1. The normalized spacial score (nSPS) is 9.67. The molecule has 0 heterocycles. The minimum atomic E-state index is -1.03. The van der Waals surface area contributed by atoms with E-state index in [9.17, 15) is 9.90 Å². The Morgan fingerprint density at radius 1 is 1.47 bits per heavy atom. The van der Waals surface area contributed by atoms with Crippen LogP contribution in [0.2, 0.25) is 0 Å². The Hall–Kier alpha value is -1.97. The van der Waals surface area contributed by atoms with Crippen LogP contribution >= 0.6 is 0 Å². The first-order valence-electron chi connectivity index (χ1n) is 3.91. The van der Waals surface area contributed by atoms with Crippen molar-refractivity contribution in [2.24, 2.45) is 0 Å². The van der Waals surface area contributed by atoms with Crippen LogP contribution in [0.5, 0.6) is 11.5 Å². The van der Waals surface area contributed by atoms with E-state index in [2.05, 4.69) is 0 Å². The molecule has 0 spiro atoms. The topological polar surface area (TPSA) is 66.8 Å². The van der Waals surface area contributed by atoms with Crippen LogP contribution in [0.15, 0.2) is 24.3 Å². The minimum Gasteiger partial charge on any atom is -0.504 e. The number of hydrogen-bond donors (Lipinski definition) is 2. The first kappa shape index (κ1) is 13.0. The maximum absolute atomic E-state index is 10.2. The molecule has 0 saturated carbocycles. The monoisotopic (exact) mass is 210 g/mol. The Morgan fingerprint density at radius 2 is 2.13 bits per heavy atom. The number of rotatable bonds is 3. The van der Waals surface area contributed by atoms with E-state index < -0.39 is 5.97 Å². The lowest BCUT2D eigenvalue weighted by atomic mass is 10.2. The Labute approximate surface area is 88.4 Å². The molecule has 0 fully saturated rings. The van der Waals surface area contributed by atoms with Crippen LogP contribution in [0.3, 0.4) is 0 Å². The van der Waals surface area contributed by atoms with Gasteiger partial charge in [0.15, 0.2) is 11.5 Å². The molecule has 0 aliphatic heterocycles. The summed E-state index contributed by atoms with van der Waals surface area (Å²) < 4.78 is 4.84. The summed E-state index contributed by atoms with van der Waals surface area (Å²) >= 11 is 0. The molecule has 0 radical (unpaired) electrons. The van der Waals surface area contributed by atoms with Gasteiger partial charge in [-0.05, 0) is 23.8 Å². The predicted octanol–water partition coefficient (Wildman–Crippen LogP) is 2.13. The number of aliphatic carboxylic acids is 1. The molecule has 0 aliphatic carbocycles. The van der Waals surface area contributed by atoms with E-state index in [-0.39, 0.29) is 13.2 Å². The molecule has 4 heteroatoms. The summed E-state index contributed by atoms with van der Waals surface area (Å²) in [5.41, 5.74) is 0.603. The molecule has 1 aromatic carbocycles. The summed E-state index contributed by atoms with van der Waals surface area (Å²) in [6.45, 7) is 0. The van der Waals surface area contributed by atoms with Gasteiger partial charge in [0.1, 0.15) is 0 Å². The molecule has 0 atom stereocenters. The van der Waals surface area contributed by atoms with Crippen molar-refractivity contribution >= 4 is 12.0 Å². The van der Waals surface area contributed by atoms with Crippen molar-refractivity contribution in [3.05, 3.63) is 29.8 Å². The third kappa shape index (κ3) is 3.72. The van der Waals surface area contributed by atoms with E-state index in [1.54, 1.807) is 12.1 Å². The van der Waals surface area contributed by atoms with E-state index >= 15 is 0 Å². The second kappa shape index (κ2) is 5.70. The highest BCUT2D eigenvalue weighted by Gasteiger charge is 2.00. The van der Waals surface area contributed by atoms with Crippen LogP contribution in [0.4, 0.5) is 0 Å². The highest BCUT2D eigenvalue weighted by Crippen LogP contribution is 2.26. The van der Waals surface area contributed by atoms with Gasteiger partial charge in [-0.25, -0.2) is 4.79 Å². The largest absolute Gasteiger partial charge is 0.504 e. The third-order valence-electron chi connectivity index (χ3n) is 1.62. The predicted molar refractivity (Wildman–Crippen MR) is 58.1 cm³/mol. The van der Waals surface area contributed by atoms with Crippen molar-refractivity contribution < 1.29 is 19.7 Å². The van der Waals surface area contributed by atoms with Crippen molar-refractivity contribution in [2.45, 2.75) is 7.43 Å². The number of carbonyl (C=O) groups is 1. The van der Waals surface area contributed by atoms with E-state index in [4.69, 9.17) is 9.84 Å². The summed E-state index contributed by atoms with van der Waals surface area (Å²) in [6.07, 6.45) is 2.39. The van der Waals surface area contributed by atoms with Crippen LogP contribution < -0.4 is 4.74 Å². The Balaban J connectivity index is 0.00000196. The van der Waals surface area contributed by atoms with Crippen molar-refractivity contribution in [2.75, 3.05) is 7.11 Å². The smallest absolute Gasteiger partial charge is 0.328 e. The number of ether oxygens (including phenoxy) is 1. The summed E-state index contributed by atoms with van der Waals surface area (Å²) in [7, 11) is 1.45. The van der Waals surface area contributed by atoms with Crippen LogP contribution in [-0.2, 0) is 4.79 Å². The highest BCUT2D eigenvalue weighted by atomic mass is 16.5. The molecular weight excluding hydrogens is 196 g/mol. The first-order chi connectivity index (χ1) is 6.63. The van der Waals surface area contributed by atoms with Crippen LogP contribution in [-0.4, -0.2) is 23.3 Å². The molecule has 1 rings (SSSR count). The molecule has 0 bridgehead atoms. The van der Waals surface area contributed by atoms with Gasteiger partial charge >= 0.3 is 5.97 Å². The summed E-state index contributed by atoms with van der Waals surface area (Å²) in [4.78, 5) is 10.2. The number of hydrogen-bond acceptors (Lipinski definition) is 3. The zero-order valence-corrected chi connectivity index (χ0v) is 7.60. The highest BCUT2D eigenvalue weighted by molar-refractivity contribution is 5.85. The van der Waals surface area contributed by atoms with E-state index in [1.165, 1.54) is 19.3 Å². The van der Waals surface area contributed by atoms with Gasteiger partial charge < -0.3 is 14.9 Å². The Bertz CT molecular complexity index is 369. The van der Waals surface area contributed by atoms with Gasteiger partial charge in [0, 0.05) is 6.08 Å². The molecule has 0 saturated heterocycles. The van der Waals surface area contributed by atoms with Gasteiger partial charge in [-0.15, -0.1) is 0 Å². The fourth-order valence-electron chi connectivity index (χ4n) is 0.978. The molecule has 2 N–H and O–H groups in total. The Kier molecular flexibility index (Phi) is 4.95. The van der Waals surface area contributed by atoms with Crippen molar-refractivity contribution in [3.63, 3.8) is 0 Å². The molecule has 0 aliphatic rings. The number of phenols is 1. The van der Waals surface area contributed by atoms with Crippen LogP contribution in [0.1, 0.15) is 13.0 Å². The van der Waals surface area contributed by atoms with Gasteiger partial charge in [-0.2, -0.15) is 0 Å². The van der Waals surface area contributed by atoms with Crippen LogP contribution in [0, 0.1) is 0 Å². The average Bonchev–Trinajstić information content (AvgIpc) is 2.15. The maximum Gasteiger partial charge on any atom is 0.328 e. The maximum atomic E-state index is 10.2. The zero-order valence-electron chi connectivity index (χ0n) is 7.60. The zero-order chi connectivity index (χ0) is 10.6. The second-order valence-corrected chi connectivity index (χ2v) is 2.60. The summed E-state index contributed by atoms with van der Waals surface area (Å²) in [6, 6.07) is 4.65. The van der Waals surface area contributed by atoms with Crippen molar-refractivity contribution in [1.29, 1.82) is 0 Å². The van der Waals surface area contributed by atoms with Crippen molar-refractivity contribution in [3.8, 4) is 11.5 Å². The van der Waals surface area contributed by atoms with Crippen molar-refractivity contribution in [1.82, 2.24) is 0 Å². The number of carboxylic acid groups (broad SMARTS) is 1. The fourth-order valence-corrected chi connectivity index (χ4v) is 0.978.